The number of carbonyl (C=O) groups is 2. The molecule has 0 aliphatic heterocycles. The molecule has 1 aromatic rings. The number of methoxy groups -OCH3 is 1. The summed E-state index contributed by atoms with van der Waals surface area (Å²) >= 11 is 0. The van der Waals surface area contributed by atoms with E-state index in [0.29, 0.717) is 5.75 Å². The summed E-state index contributed by atoms with van der Waals surface area (Å²) in [6.07, 6.45) is 0. The maximum atomic E-state index is 13.4. The summed E-state index contributed by atoms with van der Waals surface area (Å²) in [4.78, 5) is 22.0. The number of carboxylic acid groups (broad SMARTS) is 1. The zero-order valence-corrected chi connectivity index (χ0v) is 10.0. The fourth-order valence-corrected chi connectivity index (χ4v) is 1.23. The molecule has 0 unspecified atom stereocenters. The zero-order chi connectivity index (χ0) is 14.4. The summed E-state index contributed by atoms with van der Waals surface area (Å²) in [5.41, 5.74) is -0.168. The van der Waals surface area contributed by atoms with Crippen LogP contribution in [0, 0.1) is 5.82 Å². The number of ether oxygens (including phenoxy) is 1. The summed E-state index contributed by atoms with van der Waals surface area (Å²) < 4.78 is 18.2. The number of hydrogen-bond donors (Lipinski definition) is 4. The van der Waals surface area contributed by atoms with E-state index in [9.17, 15) is 14.0 Å². The Hall–Kier alpha value is -2.35. The smallest absolute Gasteiger partial charge is 0.328 e. The van der Waals surface area contributed by atoms with Gasteiger partial charge in [-0.2, -0.15) is 0 Å². The van der Waals surface area contributed by atoms with Crippen LogP contribution >= 0.6 is 0 Å². The minimum atomic E-state index is -1.46. The molecule has 0 bridgehead atoms. The van der Waals surface area contributed by atoms with Crippen LogP contribution in [0.3, 0.4) is 0 Å². The molecule has 1 rings (SSSR count). The number of aliphatic hydroxyl groups is 1. The maximum absolute atomic E-state index is 13.4. The summed E-state index contributed by atoms with van der Waals surface area (Å²) in [7, 11) is 1.38. The number of anilines is 1. The Kier molecular flexibility index (Phi) is 5.07. The van der Waals surface area contributed by atoms with E-state index < -0.39 is 30.5 Å². The molecular weight excluding hydrogens is 259 g/mol. The van der Waals surface area contributed by atoms with Gasteiger partial charge in [0.1, 0.15) is 11.6 Å². The Morgan fingerprint density at radius 3 is 2.68 bits per heavy atom. The topological polar surface area (TPSA) is 108 Å². The quantitative estimate of drug-likeness (QED) is 0.620. The number of nitrogens with one attached hydrogen (secondary N) is 2. The molecule has 0 spiro atoms. The van der Waals surface area contributed by atoms with Gasteiger partial charge < -0.3 is 25.6 Å². The molecular formula is C11H13FN2O5. The van der Waals surface area contributed by atoms with Crippen LogP contribution in [0.15, 0.2) is 18.2 Å². The van der Waals surface area contributed by atoms with Gasteiger partial charge in [-0.1, -0.05) is 0 Å². The van der Waals surface area contributed by atoms with Crippen LogP contribution in [-0.2, 0) is 4.79 Å². The first-order valence-electron chi connectivity index (χ1n) is 5.22. The van der Waals surface area contributed by atoms with E-state index in [2.05, 4.69) is 5.32 Å². The second-order valence-corrected chi connectivity index (χ2v) is 3.52. The highest BCUT2D eigenvalue weighted by Gasteiger charge is 2.19. The number of urea groups is 1. The number of aliphatic carboxylic acids is 1. The van der Waals surface area contributed by atoms with Crippen molar-refractivity contribution in [2.24, 2.45) is 0 Å². The van der Waals surface area contributed by atoms with E-state index in [1.165, 1.54) is 19.2 Å². The van der Waals surface area contributed by atoms with Crippen LogP contribution in [0.25, 0.3) is 0 Å². The molecule has 1 atom stereocenters. The zero-order valence-electron chi connectivity index (χ0n) is 10.0. The van der Waals surface area contributed by atoms with Crippen molar-refractivity contribution in [1.82, 2.24) is 5.32 Å². The molecule has 8 heteroatoms. The Bertz CT molecular complexity index is 480. The predicted octanol–water partition coefficient (Wildman–Crippen LogP) is 0.401. The van der Waals surface area contributed by atoms with Crippen LogP contribution in [0.4, 0.5) is 14.9 Å². The van der Waals surface area contributed by atoms with Gasteiger partial charge in [-0.25, -0.2) is 14.0 Å². The van der Waals surface area contributed by atoms with Gasteiger partial charge in [-0.15, -0.1) is 0 Å². The van der Waals surface area contributed by atoms with Gasteiger partial charge in [0.25, 0.3) is 0 Å². The number of hydrogen-bond acceptors (Lipinski definition) is 4. The molecule has 0 aromatic heterocycles. The highest BCUT2D eigenvalue weighted by Crippen LogP contribution is 2.20. The van der Waals surface area contributed by atoms with Crippen LogP contribution in [0.5, 0.6) is 5.75 Å². The van der Waals surface area contributed by atoms with E-state index in [4.69, 9.17) is 14.9 Å². The Labute approximate surface area is 108 Å². The third-order valence-electron chi connectivity index (χ3n) is 2.21. The maximum Gasteiger partial charge on any atom is 0.328 e. The Morgan fingerprint density at radius 1 is 1.47 bits per heavy atom. The number of rotatable bonds is 5. The van der Waals surface area contributed by atoms with E-state index in [1.54, 1.807) is 0 Å². The van der Waals surface area contributed by atoms with Crippen molar-refractivity contribution in [3.8, 4) is 5.75 Å². The minimum absolute atomic E-state index is 0.168. The average Bonchev–Trinajstić information content (AvgIpc) is 2.38. The molecule has 19 heavy (non-hydrogen) atoms. The Balaban J connectivity index is 2.73. The monoisotopic (exact) mass is 272 g/mol. The number of carbonyl (C=O) groups excluding carboxylic acids is 1. The summed E-state index contributed by atoms with van der Waals surface area (Å²) in [6, 6.07) is 1.28. The number of carboxylic acids is 1. The van der Waals surface area contributed by atoms with Gasteiger partial charge in [0.2, 0.25) is 0 Å². The normalized spacial score (nSPS) is 11.5. The molecule has 0 radical (unpaired) electrons. The highest BCUT2D eigenvalue weighted by atomic mass is 19.1. The molecule has 2 amide bonds. The third kappa shape index (κ3) is 4.11. The van der Waals surface area contributed by atoms with Crippen molar-refractivity contribution < 1.29 is 28.9 Å². The van der Waals surface area contributed by atoms with Crippen molar-refractivity contribution >= 4 is 17.7 Å². The van der Waals surface area contributed by atoms with Gasteiger partial charge in [0, 0.05) is 6.07 Å². The number of aliphatic hydroxyl groups excluding tert-OH is 1. The van der Waals surface area contributed by atoms with E-state index in [0.717, 1.165) is 6.07 Å². The minimum Gasteiger partial charge on any atom is -0.497 e. The molecule has 7 nitrogen and oxygen atoms in total. The number of amides is 2. The number of benzene rings is 1. The molecule has 0 aliphatic carbocycles. The fraction of sp³-hybridized carbons (Fsp3) is 0.273. The first-order chi connectivity index (χ1) is 8.97. The Morgan fingerprint density at radius 2 is 2.16 bits per heavy atom. The van der Waals surface area contributed by atoms with Crippen LogP contribution in [-0.4, -0.2) is 42.0 Å². The van der Waals surface area contributed by atoms with E-state index in [1.807, 2.05) is 5.32 Å². The predicted molar refractivity (Wildman–Crippen MR) is 63.6 cm³/mol. The molecule has 0 fully saturated rings. The number of halogens is 1. The van der Waals surface area contributed by atoms with Gasteiger partial charge in [0.15, 0.2) is 6.04 Å². The summed E-state index contributed by atoms with van der Waals surface area (Å²) in [5, 5.41) is 21.5. The van der Waals surface area contributed by atoms with E-state index >= 15 is 0 Å². The van der Waals surface area contributed by atoms with E-state index in [-0.39, 0.29) is 5.69 Å². The highest BCUT2D eigenvalue weighted by molar-refractivity contribution is 5.92. The molecule has 4 N–H and O–H groups in total. The first-order valence-corrected chi connectivity index (χ1v) is 5.22. The molecule has 0 saturated carbocycles. The van der Waals surface area contributed by atoms with Gasteiger partial charge in [-0.05, 0) is 12.1 Å². The lowest BCUT2D eigenvalue weighted by molar-refractivity contribution is -0.140. The second kappa shape index (κ2) is 6.55. The van der Waals surface area contributed by atoms with Crippen molar-refractivity contribution in [3.05, 3.63) is 24.0 Å². The first kappa shape index (κ1) is 14.7. The van der Waals surface area contributed by atoms with Crippen LogP contribution < -0.4 is 15.4 Å². The summed E-state index contributed by atoms with van der Waals surface area (Å²) in [6.45, 7) is -0.774. The lowest BCUT2D eigenvalue weighted by atomic mass is 10.3. The van der Waals surface area contributed by atoms with Crippen molar-refractivity contribution in [1.29, 1.82) is 0 Å². The molecule has 0 saturated heterocycles. The molecule has 104 valence electrons. The standard InChI is InChI=1S/C11H13FN2O5/c1-19-6-2-3-7(12)8(4-6)13-11(18)14-9(5-15)10(16)17/h2-4,9,15H,5H2,1H3,(H,16,17)(H2,13,14,18)/t9-/m1/s1. The third-order valence-corrected chi connectivity index (χ3v) is 2.21. The SMILES string of the molecule is COc1ccc(F)c(NC(=O)N[C@H](CO)C(=O)O)c1. The fourth-order valence-electron chi connectivity index (χ4n) is 1.23. The largest absolute Gasteiger partial charge is 0.497 e. The van der Waals surface area contributed by atoms with Crippen molar-refractivity contribution in [2.45, 2.75) is 6.04 Å². The lowest BCUT2D eigenvalue weighted by Gasteiger charge is -2.13. The molecule has 1 aromatic carbocycles. The molecule has 0 heterocycles. The van der Waals surface area contributed by atoms with Gasteiger partial charge in [0.05, 0.1) is 19.4 Å². The van der Waals surface area contributed by atoms with Crippen molar-refractivity contribution in [2.75, 3.05) is 19.0 Å². The average molecular weight is 272 g/mol. The van der Waals surface area contributed by atoms with Crippen LogP contribution in [0.2, 0.25) is 0 Å². The lowest BCUT2D eigenvalue weighted by Crippen LogP contribution is -2.45. The summed E-state index contributed by atoms with van der Waals surface area (Å²) in [5.74, 6) is -1.77. The second-order valence-electron chi connectivity index (χ2n) is 3.52. The van der Waals surface area contributed by atoms with Gasteiger partial charge in [-0.3, -0.25) is 0 Å². The van der Waals surface area contributed by atoms with Crippen molar-refractivity contribution in [3.63, 3.8) is 0 Å². The van der Waals surface area contributed by atoms with Crippen LogP contribution in [0.1, 0.15) is 0 Å². The molecule has 0 aliphatic rings. The van der Waals surface area contributed by atoms with Gasteiger partial charge >= 0.3 is 12.0 Å².